The van der Waals surface area contributed by atoms with Crippen molar-refractivity contribution in [2.45, 2.75) is 32.5 Å². The van der Waals surface area contributed by atoms with Gasteiger partial charge in [-0.15, -0.1) is 0 Å². The van der Waals surface area contributed by atoms with Gasteiger partial charge in [0.25, 0.3) is 0 Å². The van der Waals surface area contributed by atoms with Gasteiger partial charge in [0.05, 0.1) is 26.3 Å². The van der Waals surface area contributed by atoms with Gasteiger partial charge in [-0.2, -0.15) is 5.10 Å². The summed E-state index contributed by atoms with van der Waals surface area (Å²) >= 11 is 0. The van der Waals surface area contributed by atoms with Gasteiger partial charge in [-0.25, -0.2) is 0 Å². The van der Waals surface area contributed by atoms with Crippen molar-refractivity contribution >= 4 is 5.97 Å². The standard InChI is InChI=1S/C17H21N3O3/c1-23-16-3-2-15-12-19(6-4-14(15)8-16)10-13-9-18-20(11-13)7-5-17(21)22/h2-3,8-9,11H,4-7,10,12H2,1H3,(H,21,22). The quantitative estimate of drug-likeness (QED) is 0.882. The van der Waals surface area contributed by atoms with E-state index in [1.54, 1.807) is 11.8 Å². The maximum atomic E-state index is 10.6. The van der Waals surface area contributed by atoms with E-state index in [1.165, 1.54) is 11.1 Å². The van der Waals surface area contributed by atoms with Crippen LogP contribution in [0.25, 0.3) is 0 Å². The maximum absolute atomic E-state index is 10.6. The minimum atomic E-state index is -0.801. The van der Waals surface area contributed by atoms with Crippen molar-refractivity contribution in [2.24, 2.45) is 0 Å². The second-order valence-corrected chi connectivity index (χ2v) is 5.85. The van der Waals surface area contributed by atoms with Gasteiger partial charge < -0.3 is 9.84 Å². The Hall–Kier alpha value is -2.34. The van der Waals surface area contributed by atoms with E-state index in [9.17, 15) is 4.79 Å². The van der Waals surface area contributed by atoms with Crippen LogP contribution in [0.4, 0.5) is 0 Å². The van der Waals surface area contributed by atoms with Crippen LogP contribution < -0.4 is 4.74 Å². The van der Waals surface area contributed by atoms with Crippen molar-refractivity contribution in [3.63, 3.8) is 0 Å². The zero-order chi connectivity index (χ0) is 16.2. The molecule has 1 aliphatic rings. The fraction of sp³-hybridized carbons (Fsp3) is 0.412. The number of carboxylic acid groups (broad SMARTS) is 1. The summed E-state index contributed by atoms with van der Waals surface area (Å²) in [7, 11) is 1.69. The lowest BCUT2D eigenvalue weighted by Crippen LogP contribution is -2.29. The van der Waals surface area contributed by atoms with Crippen LogP contribution in [0.2, 0.25) is 0 Å². The highest BCUT2D eigenvalue weighted by Crippen LogP contribution is 2.24. The molecular weight excluding hydrogens is 294 g/mol. The molecular formula is C17H21N3O3. The summed E-state index contributed by atoms with van der Waals surface area (Å²) in [6, 6.07) is 6.26. The normalized spacial score (nSPS) is 14.5. The third kappa shape index (κ3) is 3.90. The molecule has 1 aromatic carbocycles. The largest absolute Gasteiger partial charge is 0.497 e. The predicted molar refractivity (Wildman–Crippen MR) is 85.3 cm³/mol. The minimum absolute atomic E-state index is 0.0973. The molecule has 1 aliphatic heterocycles. The Morgan fingerprint density at radius 3 is 3.04 bits per heavy atom. The van der Waals surface area contributed by atoms with E-state index < -0.39 is 5.97 Å². The molecule has 0 aliphatic carbocycles. The first kappa shape index (κ1) is 15.6. The molecule has 3 rings (SSSR count). The summed E-state index contributed by atoms with van der Waals surface area (Å²) in [6.07, 6.45) is 4.87. The molecule has 23 heavy (non-hydrogen) atoms. The molecule has 2 heterocycles. The SMILES string of the molecule is COc1ccc2c(c1)CCN(Cc1cnn(CCC(=O)O)c1)C2. The Kier molecular flexibility index (Phi) is 4.62. The number of methoxy groups -OCH3 is 1. The van der Waals surface area contributed by atoms with Crippen molar-refractivity contribution in [3.8, 4) is 5.75 Å². The lowest BCUT2D eigenvalue weighted by molar-refractivity contribution is -0.137. The molecule has 122 valence electrons. The first-order chi connectivity index (χ1) is 11.1. The fourth-order valence-corrected chi connectivity index (χ4v) is 2.93. The molecule has 0 saturated heterocycles. The molecule has 6 nitrogen and oxygen atoms in total. The number of carbonyl (C=O) groups is 1. The highest BCUT2D eigenvalue weighted by molar-refractivity contribution is 5.66. The Balaban J connectivity index is 1.60. The molecule has 0 spiro atoms. The lowest BCUT2D eigenvalue weighted by atomic mass is 9.99. The topological polar surface area (TPSA) is 67.6 Å². The first-order valence-electron chi connectivity index (χ1n) is 7.75. The minimum Gasteiger partial charge on any atom is -0.497 e. The van der Waals surface area contributed by atoms with Crippen molar-refractivity contribution in [3.05, 3.63) is 47.3 Å². The monoisotopic (exact) mass is 315 g/mol. The van der Waals surface area contributed by atoms with Gasteiger partial charge in [-0.1, -0.05) is 6.07 Å². The molecule has 0 atom stereocenters. The van der Waals surface area contributed by atoms with E-state index in [4.69, 9.17) is 9.84 Å². The fourth-order valence-electron chi connectivity index (χ4n) is 2.93. The number of rotatable bonds is 6. The van der Waals surface area contributed by atoms with E-state index >= 15 is 0 Å². The van der Waals surface area contributed by atoms with Crippen molar-refractivity contribution in [1.29, 1.82) is 0 Å². The summed E-state index contributed by atoms with van der Waals surface area (Å²) in [4.78, 5) is 13.0. The van der Waals surface area contributed by atoms with Gasteiger partial charge in [0.1, 0.15) is 5.75 Å². The molecule has 0 bridgehead atoms. The summed E-state index contributed by atoms with van der Waals surface area (Å²) in [5.74, 6) is 0.113. The Labute approximate surface area is 135 Å². The molecule has 0 fully saturated rings. The van der Waals surface area contributed by atoms with Gasteiger partial charge >= 0.3 is 5.97 Å². The van der Waals surface area contributed by atoms with E-state index in [-0.39, 0.29) is 6.42 Å². The van der Waals surface area contributed by atoms with E-state index in [1.807, 2.05) is 18.5 Å². The number of aliphatic carboxylic acids is 1. The van der Waals surface area contributed by atoms with Crippen LogP contribution in [-0.2, 0) is 30.8 Å². The highest BCUT2D eigenvalue weighted by atomic mass is 16.5. The summed E-state index contributed by atoms with van der Waals surface area (Å²) in [5.41, 5.74) is 3.82. The van der Waals surface area contributed by atoms with Crippen LogP contribution in [0, 0.1) is 0 Å². The Morgan fingerprint density at radius 1 is 1.39 bits per heavy atom. The number of ether oxygens (including phenoxy) is 1. The number of hydrogen-bond donors (Lipinski definition) is 1. The van der Waals surface area contributed by atoms with Crippen molar-refractivity contribution in [2.75, 3.05) is 13.7 Å². The highest BCUT2D eigenvalue weighted by Gasteiger charge is 2.17. The van der Waals surface area contributed by atoms with E-state index in [0.717, 1.165) is 37.4 Å². The molecule has 2 aromatic rings. The number of aromatic nitrogens is 2. The van der Waals surface area contributed by atoms with Gasteiger partial charge in [0.2, 0.25) is 0 Å². The zero-order valence-electron chi connectivity index (χ0n) is 13.2. The number of carboxylic acids is 1. The van der Waals surface area contributed by atoms with Gasteiger partial charge in [0, 0.05) is 31.4 Å². The smallest absolute Gasteiger partial charge is 0.305 e. The average Bonchev–Trinajstić information content (AvgIpc) is 3.00. The molecule has 0 saturated carbocycles. The molecule has 0 amide bonds. The van der Waals surface area contributed by atoms with Crippen LogP contribution in [0.1, 0.15) is 23.1 Å². The molecule has 0 radical (unpaired) electrons. The average molecular weight is 315 g/mol. The van der Waals surface area contributed by atoms with Crippen molar-refractivity contribution in [1.82, 2.24) is 14.7 Å². The number of hydrogen-bond acceptors (Lipinski definition) is 4. The lowest BCUT2D eigenvalue weighted by Gasteiger charge is -2.28. The third-order valence-electron chi connectivity index (χ3n) is 4.15. The van der Waals surface area contributed by atoms with Crippen LogP contribution in [0.15, 0.2) is 30.6 Å². The summed E-state index contributed by atoms with van der Waals surface area (Å²) in [5, 5.41) is 12.9. The zero-order valence-corrected chi connectivity index (χ0v) is 13.2. The van der Waals surface area contributed by atoms with Crippen LogP contribution in [-0.4, -0.2) is 39.4 Å². The van der Waals surface area contributed by atoms with Crippen LogP contribution >= 0.6 is 0 Å². The second kappa shape index (κ2) is 6.83. The predicted octanol–water partition coefficient (Wildman–Crippen LogP) is 1.92. The first-order valence-corrected chi connectivity index (χ1v) is 7.75. The third-order valence-corrected chi connectivity index (χ3v) is 4.15. The van der Waals surface area contributed by atoms with Crippen LogP contribution in [0.5, 0.6) is 5.75 Å². The molecule has 1 aromatic heterocycles. The second-order valence-electron chi connectivity index (χ2n) is 5.85. The van der Waals surface area contributed by atoms with Gasteiger partial charge in [-0.05, 0) is 29.7 Å². The molecule has 6 heteroatoms. The maximum Gasteiger partial charge on any atom is 0.305 e. The molecule has 1 N–H and O–H groups in total. The number of benzene rings is 1. The van der Waals surface area contributed by atoms with Gasteiger partial charge in [0.15, 0.2) is 0 Å². The van der Waals surface area contributed by atoms with Crippen LogP contribution in [0.3, 0.4) is 0 Å². The summed E-state index contributed by atoms with van der Waals surface area (Å²) < 4.78 is 6.98. The van der Waals surface area contributed by atoms with E-state index in [2.05, 4.69) is 22.1 Å². The summed E-state index contributed by atoms with van der Waals surface area (Å²) in [6.45, 7) is 3.16. The van der Waals surface area contributed by atoms with E-state index in [0.29, 0.717) is 6.54 Å². The number of aryl methyl sites for hydroxylation is 1. The van der Waals surface area contributed by atoms with Gasteiger partial charge in [-0.3, -0.25) is 14.4 Å². The van der Waals surface area contributed by atoms with Crippen molar-refractivity contribution < 1.29 is 14.6 Å². The molecule has 0 unspecified atom stereocenters. The Bertz CT molecular complexity index is 696. The number of nitrogens with zero attached hydrogens (tertiary/aromatic N) is 3. The number of fused-ring (bicyclic) bond motifs is 1. The Morgan fingerprint density at radius 2 is 2.26 bits per heavy atom.